The number of ether oxygens (including phenoxy) is 1. The average molecular weight is 342 g/mol. The maximum Gasteiger partial charge on any atom is 0.350 e. The molecule has 0 aliphatic carbocycles. The molecule has 3 rings (SSSR count). The SMILES string of the molecule is Cc1nc(-c2ccccc2)sc1C(=O)OCc1nc(N)nc(N)n1. The molecule has 3 aromatic rings. The fraction of sp³-hybridized carbons (Fsp3) is 0.133. The van der Waals surface area contributed by atoms with Crippen LogP contribution < -0.4 is 11.5 Å². The summed E-state index contributed by atoms with van der Waals surface area (Å²) in [5.74, 6) is -0.341. The number of aromatic nitrogens is 4. The summed E-state index contributed by atoms with van der Waals surface area (Å²) in [5.41, 5.74) is 12.5. The summed E-state index contributed by atoms with van der Waals surface area (Å²) in [6.07, 6.45) is 0. The topological polar surface area (TPSA) is 130 Å². The zero-order valence-corrected chi connectivity index (χ0v) is 13.6. The molecule has 9 heteroatoms. The minimum absolute atomic E-state index is 0.0196. The van der Waals surface area contributed by atoms with Gasteiger partial charge in [-0.25, -0.2) is 9.78 Å². The Bertz CT molecular complexity index is 861. The van der Waals surface area contributed by atoms with Crippen LogP contribution in [0.5, 0.6) is 0 Å². The molecular weight excluding hydrogens is 328 g/mol. The molecule has 1 aromatic carbocycles. The summed E-state index contributed by atoms with van der Waals surface area (Å²) < 4.78 is 5.22. The first-order valence-corrected chi connectivity index (χ1v) is 7.80. The predicted octanol–water partition coefficient (Wildman–Crippen LogP) is 1.82. The Labute approximate surface area is 141 Å². The maximum atomic E-state index is 12.3. The Balaban J connectivity index is 1.74. The third-order valence-electron chi connectivity index (χ3n) is 3.05. The van der Waals surface area contributed by atoms with E-state index in [-0.39, 0.29) is 24.3 Å². The van der Waals surface area contributed by atoms with Crippen LogP contribution >= 0.6 is 11.3 Å². The largest absolute Gasteiger partial charge is 0.453 e. The van der Waals surface area contributed by atoms with Gasteiger partial charge in [0.15, 0.2) is 12.4 Å². The van der Waals surface area contributed by atoms with Gasteiger partial charge in [0, 0.05) is 5.56 Å². The van der Waals surface area contributed by atoms with E-state index in [1.807, 2.05) is 30.3 Å². The standard InChI is InChI=1S/C15H14N6O2S/c1-8-11(24-12(18-8)9-5-3-2-4-6-9)13(22)23-7-10-19-14(16)21-15(17)20-10/h2-6H,7H2,1H3,(H4,16,17,19,20,21). The second-order valence-electron chi connectivity index (χ2n) is 4.84. The summed E-state index contributed by atoms with van der Waals surface area (Å²) in [6.45, 7) is 1.62. The van der Waals surface area contributed by atoms with Gasteiger partial charge in [0.2, 0.25) is 11.9 Å². The van der Waals surface area contributed by atoms with E-state index in [1.54, 1.807) is 6.92 Å². The second-order valence-corrected chi connectivity index (χ2v) is 5.84. The van der Waals surface area contributed by atoms with Gasteiger partial charge in [-0.15, -0.1) is 11.3 Å². The van der Waals surface area contributed by atoms with Gasteiger partial charge in [0.1, 0.15) is 9.88 Å². The van der Waals surface area contributed by atoms with Gasteiger partial charge < -0.3 is 16.2 Å². The number of anilines is 2. The highest BCUT2D eigenvalue weighted by Gasteiger charge is 2.18. The van der Waals surface area contributed by atoms with Crippen molar-refractivity contribution < 1.29 is 9.53 Å². The molecule has 2 heterocycles. The number of hydrogen-bond donors (Lipinski definition) is 2. The van der Waals surface area contributed by atoms with E-state index >= 15 is 0 Å². The summed E-state index contributed by atoms with van der Waals surface area (Å²) in [7, 11) is 0. The highest BCUT2D eigenvalue weighted by molar-refractivity contribution is 7.17. The van der Waals surface area contributed by atoms with Crippen LogP contribution in [0.25, 0.3) is 10.6 Å². The number of carbonyl (C=O) groups is 1. The number of benzene rings is 1. The van der Waals surface area contributed by atoms with E-state index in [2.05, 4.69) is 19.9 Å². The fourth-order valence-electron chi connectivity index (χ4n) is 2.01. The minimum atomic E-state index is -0.496. The lowest BCUT2D eigenvalue weighted by Crippen LogP contribution is -2.11. The van der Waals surface area contributed by atoms with Gasteiger partial charge in [0.05, 0.1) is 5.69 Å². The lowest BCUT2D eigenvalue weighted by atomic mass is 10.2. The predicted molar refractivity (Wildman–Crippen MR) is 90.1 cm³/mol. The molecule has 24 heavy (non-hydrogen) atoms. The van der Waals surface area contributed by atoms with Gasteiger partial charge in [-0.05, 0) is 6.92 Å². The lowest BCUT2D eigenvalue weighted by Gasteiger charge is -2.03. The Morgan fingerprint density at radius 2 is 1.75 bits per heavy atom. The molecule has 122 valence electrons. The Hall–Kier alpha value is -3.07. The third-order valence-corrected chi connectivity index (χ3v) is 4.24. The number of hydrogen-bond acceptors (Lipinski definition) is 9. The molecule has 0 spiro atoms. The van der Waals surface area contributed by atoms with E-state index in [4.69, 9.17) is 16.2 Å². The first-order chi connectivity index (χ1) is 11.5. The van der Waals surface area contributed by atoms with Crippen LogP contribution in [0.2, 0.25) is 0 Å². The summed E-state index contributed by atoms with van der Waals surface area (Å²) in [6, 6.07) is 9.62. The van der Waals surface area contributed by atoms with Crippen LogP contribution in [0.15, 0.2) is 30.3 Å². The van der Waals surface area contributed by atoms with Crippen LogP contribution in [0.3, 0.4) is 0 Å². The number of thiazole rings is 1. The Morgan fingerprint density at radius 1 is 1.08 bits per heavy atom. The van der Waals surface area contributed by atoms with E-state index < -0.39 is 5.97 Å². The Kier molecular flexibility index (Phi) is 4.34. The van der Waals surface area contributed by atoms with Crippen LogP contribution in [0.4, 0.5) is 11.9 Å². The highest BCUT2D eigenvalue weighted by Crippen LogP contribution is 2.28. The Morgan fingerprint density at radius 3 is 2.42 bits per heavy atom. The quantitative estimate of drug-likeness (QED) is 0.687. The monoisotopic (exact) mass is 342 g/mol. The van der Waals surface area contributed by atoms with Crippen molar-refractivity contribution in [2.45, 2.75) is 13.5 Å². The first-order valence-electron chi connectivity index (χ1n) is 6.99. The minimum Gasteiger partial charge on any atom is -0.453 e. The smallest absolute Gasteiger partial charge is 0.350 e. The number of nitrogen functional groups attached to an aromatic ring is 2. The van der Waals surface area contributed by atoms with Crippen LogP contribution in [0, 0.1) is 6.92 Å². The fourth-order valence-corrected chi connectivity index (χ4v) is 2.97. The van der Waals surface area contributed by atoms with Crippen molar-refractivity contribution in [2.24, 2.45) is 0 Å². The van der Waals surface area contributed by atoms with E-state index in [1.165, 1.54) is 11.3 Å². The van der Waals surface area contributed by atoms with Crippen molar-refractivity contribution in [3.63, 3.8) is 0 Å². The molecule has 0 aliphatic rings. The van der Waals surface area contributed by atoms with E-state index in [9.17, 15) is 4.79 Å². The number of aryl methyl sites for hydroxylation is 1. The van der Waals surface area contributed by atoms with Crippen molar-refractivity contribution in [3.8, 4) is 10.6 Å². The number of rotatable bonds is 4. The number of nitrogens with zero attached hydrogens (tertiary/aromatic N) is 4. The molecule has 0 radical (unpaired) electrons. The molecule has 4 N–H and O–H groups in total. The van der Waals surface area contributed by atoms with E-state index in [0.717, 1.165) is 10.6 Å². The third kappa shape index (κ3) is 3.46. The zero-order valence-electron chi connectivity index (χ0n) is 12.8. The van der Waals surface area contributed by atoms with Gasteiger partial charge in [-0.2, -0.15) is 15.0 Å². The lowest BCUT2D eigenvalue weighted by molar-refractivity contribution is 0.0467. The average Bonchev–Trinajstić information content (AvgIpc) is 2.94. The second kappa shape index (κ2) is 6.59. The van der Waals surface area contributed by atoms with Gasteiger partial charge >= 0.3 is 5.97 Å². The summed E-state index contributed by atoms with van der Waals surface area (Å²) in [4.78, 5) is 28.5. The maximum absolute atomic E-state index is 12.3. The van der Waals surface area contributed by atoms with Crippen molar-refractivity contribution in [1.82, 2.24) is 19.9 Å². The van der Waals surface area contributed by atoms with Crippen LogP contribution in [-0.2, 0) is 11.3 Å². The number of esters is 1. The van der Waals surface area contributed by atoms with Crippen molar-refractivity contribution >= 4 is 29.2 Å². The number of carbonyl (C=O) groups excluding carboxylic acids is 1. The first kappa shape index (κ1) is 15.8. The molecular formula is C15H14N6O2S. The molecule has 0 unspecified atom stereocenters. The molecule has 2 aromatic heterocycles. The summed E-state index contributed by atoms with van der Waals surface area (Å²) in [5, 5.41) is 0.758. The van der Waals surface area contributed by atoms with Crippen LogP contribution in [0.1, 0.15) is 21.2 Å². The molecule has 0 aliphatic heterocycles. The molecule has 0 amide bonds. The van der Waals surface area contributed by atoms with E-state index in [0.29, 0.717) is 10.6 Å². The molecule has 0 atom stereocenters. The van der Waals surface area contributed by atoms with Gasteiger partial charge in [0.25, 0.3) is 0 Å². The molecule has 8 nitrogen and oxygen atoms in total. The molecule has 0 fully saturated rings. The molecule has 0 saturated heterocycles. The van der Waals surface area contributed by atoms with Crippen molar-refractivity contribution in [2.75, 3.05) is 11.5 Å². The highest BCUT2D eigenvalue weighted by atomic mass is 32.1. The molecule has 0 bridgehead atoms. The van der Waals surface area contributed by atoms with Crippen molar-refractivity contribution in [1.29, 1.82) is 0 Å². The normalized spacial score (nSPS) is 10.5. The van der Waals surface area contributed by atoms with Crippen molar-refractivity contribution in [3.05, 3.63) is 46.7 Å². The molecule has 0 saturated carbocycles. The van der Waals surface area contributed by atoms with Gasteiger partial charge in [-0.3, -0.25) is 0 Å². The summed E-state index contributed by atoms with van der Waals surface area (Å²) >= 11 is 1.27. The van der Waals surface area contributed by atoms with Gasteiger partial charge in [-0.1, -0.05) is 30.3 Å². The zero-order chi connectivity index (χ0) is 17.1. The number of nitrogens with two attached hydrogens (primary N) is 2. The van der Waals surface area contributed by atoms with Crippen LogP contribution in [-0.4, -0.2) is 25.9 Å².